The van der Waals surface area contributed by atoms with Crippen LogP contribution in [-0.2, 0) is 0 Å². The Balaban J connectivity index is 2.44. The summed E-state index contributed by atoms with van der Waals surface area (Å²) in [6, 6.07) is 4.88. The lowest BCUT2D eigenvalue weighted by molar-refractivity contribution is 0.142. The second kappa shape index (κ2) is 7.21. The van der Waals surface area contributed by atoms with Crippen molar-refractivity contribution in [1.29, 1.82) is 0 Å². The molecule has 4 nitrogen and oxygen atoms in total. The molecule has 18 heavy (non-hydrogen) atoms. The summed E-state index contributed by atoms with van der Waals surface area (Å²) in [5.74, 6) is 1.69. The highest BCUT2D eigenvalue weighted by Gasteiger charge is 2.12. The maximum absolute atomic E-state index is 5.76. The third kappa shape index (κ3) is 4.53. The van der Waals surface area contributed by atoms with E-state index in [-0.39, 0.29) is 0 Å². The second-order valence-corrected chi connectivity index (χ2v) is 4.90. The maximum atomic E-state index is 5.76. The molecule has 0 unspecified atom stereocenters. The molecule has 1 rings (SSSR count). The number of nitrogens with zero attached hydrogens (tertiary/aromatic N) is 2. The van der Waals surface area contributed by atoms with Crippen LogP contribution in [0.3, 0.4) is 0 Å². The Labute approximate surface area is 110 Å². The minimum atomic E-state index is 0.541. The van der Waals surface area contributed by atoms with Crippen LogP contribution in [0.4, 0.5) is 5.82 Å². The highest BCUT2D eigenvalue weighted by Crippen LogP contribution is 2.14. The highest BCUT2D eigenvalue weighted by atomic mass is 16.5. The molecule has 1 aromatic heterocycles. The molecule has 0 radical (unpaired) electrons. The topological polar surface area (TPSA) is 37.4 Å². The molecule has 1 N–H and O–H groups in total. The fraction of sp³-hybridized carbons (Fsp3) is 0.643. The van der Waals surface area contributed by atoms with Crippen molar-refractivity contribution >= 4 is 5.82 Å². The van der Waals surface area contributed by atoms with E-state index < -0.39 is 0 Å². The molecule has 0 atom stereocenters. The summed E-state index contributed by atoms with van der Waals surface area (Å²) < 4.78 is 5.76. The van der Waals surface area contributed by atoms with Gasteiger partial charge in [0, 0.05) is 37.9 Å². The number of hydrogen-bond acceptors (Lipinski definition) is 4. The molecule has 0 saturated carbocycles. The molecule has 102 valence electrons. The van der Waals surface area contributed by atoms with Gasteiger partial charge in [-0.25, -0.2) is 4.98 Å². The molecule has 0 amide bonds. The first kappa shape index (κ1) is 14.8. The van der Waals surface area contributed by atoms with E-state index in [1.807, 2.05) is 19.2 Å². The summed E-state index contributed by atoms with van der Waals surface area (Å²) >= 11 is 0. The van der Waals surface area contributed by atoms with E-state index in [9.17, 15) is 0 Å². The summed E-state index contributed by atoms with van der Waals surface area (Å²) in [6.07, 6.45) is 1.75. The van der Waals surface area contributed by atoms with Gasteiger partial charge in [-0.3, -0.25) is 4.90 Å². The van der Waals surface area contributed by atoms with Gasteiger partial charge >= 0.3 is 0 Å². The van der Waals surface area contributed by atoms with Gasteiger partial charge in [0.15, 0.2) is 0 Å². The molecule has 0 fully saturated rings. The van der Waals surface area contributed by atoms with Crippen molar-refractivity contribution in [2.45, 2.75) is 39.8 Å². The third-order valence-corrected chi connectivity index (χ3v) is 2.93. The van der Waals surface area contributed by atoms with Crippen LogP contribution in [0, 0.1) is 0 Å². The van der Waals surface area contributed by atoms with Crippen LogP contribution < -0.4 is 10.1 Å². The van der Waals surface area contributed by atoms with Crippen LogP contribution in [0.2, 0.25) is 0 Å². The summed E-state index contributed by atoms with van der Waals surface area (Å²) in [5, 5.41) is 3.00. The zero-order valence-electron chi connectivity index (χ0n) is 12.1. The third-order valence-electron chi connectivity index (χ3n) is 2.93. The molecule has 1 aromatic rings. The van der Waals surface area contributed by atoms with Crippen LogP contribution >= 0.6 is 0 Å². The Morgan fingerprint density at radius 1 is 1.28 bits per heavy atom. The van der Waals surface area contributed by atoms with Gasteiger partial charge in [-0.15, -0.1) is 0 Å². The zero-order chi connectivity index (χ0) is 13.5. The minimum Gasteiger partial charge on any atom is -0.492 e. The van der Waals surface area contributed by atoms with E-state index in [0.29, 0.717) is 18.7 Å². The van der Waals surface area contributed by atoms with E-state index in [1.54, 1.807) is 6.20 Å². The monoisotopic (exact) mass is 251 g/mol. The van der Waals surface area contributed by atoms with E-state index in [4.69, 9.17) is 4.74 Å². The number of rotatable bonds is 7. The molecule has 0 spiro atoms. The first-order valence-electron chi connectivity index (χ1n) is 6.57. The first-order chi connectivity index (χ1) is 8.54. The van der Waals surface area contributed by atoms with E-state index >= 15 is 0 Å². The molecule has 0 aliphatic rings. The lowest BCUT2D eigenvalue weighted by Gasteiger charge is -2.30. The Morgan fingerprint density at radius 2 is 1.94 bits per heavy atom. The number of aromatic nitrogens is 1. The smallest absolute Gasteiger partial charge is 0.129 e. The zero-order valence-corrected chi connectivity index (χ0v) is 12.1. The van der Waals surface area contributed by atoms with Crippen molar-refractivity contribution < 1.29 is 4.74 Å². The predicted molar refractivity (Wildman–Crippen MR) is 76.3 cm³/mol. The van der Waals surface area contributed by atoms with Crippen molar-refractivity contribution in [1.82, 2.24) is 9.88 Å². The lowest BCUT2D eigenvalue weighted by atomic mass is 10.2. The number of nitrogens with one attached hydrogen (secondary N) is 1. The van der Waals surface area contributed by atoms with E-state index in [1.165, 1.54) is 0 Å². The molecule has 0 saturated heterocycles. The van der Waals surface area contributed by atoms with Crippen LogP contribution in [0.1, 0.15) is 27.7 Å². The molecule has 0 bridgehead atoms. The van der Waals surface area contributed by atoms with Gasteiger partial charge in [0.2, 0.25) is 0 Å². The fourth-order valence-electron chi connectivity index (χ4n) is 2.02. The number of pyridine rings is 1. The second-order valence-electron chi connectivity index (χ2n) is 4.90. The van der Waals surface area contributed by atoms with Crippen molar-refractivity contribution in [2.75, 3.05) is 25.5 Å². The van der Waals surface area contributed by atoms with Gasteiger partial charge in [-0.1, -0.05) is 0 Å². The Hall–Kier alpha value is -1.29. The largest absolute Gasteiger partial charge is 0.492 e. The van der Waals surface area contributed by atoms with Crippen LogP contribution in [-0.4, -0.2) is 42.2 Å². The van der Waals surface area contributed by atoms with Crippen LogP contribution in [0.15, 0.2) is 18.3 Å². The molecule has 0 aromatic carbocycles. The molecule has 0 aliphatic heterocycles. The van der Waals surface area contributed by atoms with E-state index in [2.05, 4.69) is 42.9 Å². The summed E-state index contributed by atoms with van der Waals surface area (Å²) in [7, 11) is 1.85. The molecule has 4 heteroatoms. The average molecular weight is 251 g/mol. The Morgan fingerprint density at radius 3 is 2.50 bits per heavy atom. The average Bonchev–Trinajstić information content (AvgIpc) is 2.34. The lowest BCUT2D eigenvalue weighted by Crippen LogP contribution is -2.39. The number of anilines is 1. The Bertz CT molecular complexity index is 345. The number of ether oxygens (including phenoxy) is 1. The minimum absolute atomic E-state index is 0.541. The molecular weight excluding hydrogens is 226 g/mol. The molecule has 1 heterocycles. The summed E-state index contributed by atoms with van der Waals surface area (Å²) in [4.78, 5) is 6.57. The SMILES string of the molecule is CNc1cc(OCCN(C(C)C)C(C)C)ccn1. The highest BCUT2D eigenvalue weighted by molar-refractivity contribution is 5.39. The van der Waals surface area contributed by atoms with Crippen LogP contribution in [0.25, 0.3) is 0 Å². The fourth-order valence-corrected chi connectivity index (χ4v) is 2.02. The maximum Gasteiger partial charge on any atom is 0.129 e. The quantitative estimate of drug-likeness (QED) is 0.808. The van der Waals surface area contributed by atoms with E-state index in [0.717, 1.165) is 18.1 Å². The van der Waals surface area contributed by atoms with Crippen molar-refractivity contribution in [3.8, 4) is 5.75 Å². The normalized spacial score (nSPS) is 11.3. The van der Waals surface area contributed by atoms with Crippen molar-refractivity contribution in [2.24, 2.45) is 0 Å². The van der Waals surface area contributed by atoms with Gasteiger partial charge < -0.3 is 10.1 Å². The van der Waals surface area contributed by atoms with Gasteiger partial charge in [0.1, 0.15) is 18.2 Å². The molecule has 0 aliphatic carbocycles. The summed E-state index contributed by atoms with van der Waals surface area (Å²) in [5.41, 5.74) is 0. The first-order valence-corrected chi connectivity index (χ1v) is 6.57. The van der Waals surface area contributed by atoms with Crippen molar-refractivity contribution in [3.63, 3.8) is 0 Å². The van der Waals surface area contributed by atoms with Crippen molar-refractivity contribution in [3.05, 3.63) is 18.3 Å². The molecular formula is C14H25N3O. The van der Waals surface area contributed by atoms with Gasteiger partial charge in [-0.05, 0) is 33.8 Å². The van der Waals surface area contributed by atoms with Gasteiger partial charge in [0.25, 0.3) is 0 Å². The predicted octanol–water partition coefficient (Wildman–Crippen LogP) is 2.62. The number of hydrogen-bond donors (Lipinski definition) is 1. The van der Waals surface area contributed by atoms with Gasteiger partial charge in [0.05, 0.1) is 0 Å². The standard InChI is InChI=1S/C14H25N3O/c1-11(2)17(12(3)4)8-9-18-13-6-7-16-14(10-13)15-5/h6-7,10-12H,8-9H2,1-5H3,(H,15,16). The van der Waals surface area contributed by atoms with Gasteiger partial charge in [-0.2, -0.15) is 0 Å². The summed E-state index contributed by atoms with van der Waals surface area (Å²) in [6.45, 7) is 10.5. The Kier molecular flexibility index (Phi) is 5.92. The van der Waals surface area contributed by atoms with Crippen LogP contribution in [0.5, 0.6) is 5.75 Å².